The molecule has 0 fully saturated rings. The van der Waals surface area contributed by atoms with Crippen LogP contribution in [0.2, 0.25) is 0 Å². The molecule has 0 bridgehead atoms. The van der Waals surface area contributed by atoms with Gasteiger partial charge in [-0.15, -0.1) is 0 Å². The van der Waals surface area contributed by atoms with Gasteiger partial charge in [-0.05, 0) is 0 Å². The molecule has 7 heteroatoms. The molecular formula is C8H8O2S3Se2. The third kappa shape index (κ3) is 2.78. The van der Waals surface area contributed by atoms with Gasteiger partial charge in [0, 0.05) is 0 Å². The quantitative estimate of drug-likeness (QED) is 0.557. The van der Waals surface area contributed by atoms with Gasteiger partial charge in [0.1, 0.15) is 0 Å². The number of fused-ring (bicyclic) bond motifs is 1. The summed E-state index contributed by atoms with van der Waals surface area (Å²) in [4.78, 5) is 0. The van der Waals surface area contributed by atoms with Crippen molar-refractivity contribution in [1.82, 2.24) is 0 Å². The van der Waals surface area contributed by atoms with E-state index in [1.807, 2.05) is 40.4 Å². The first kappa shape index (κ1) is 12.4. The van der Waals surface area contributed by atoms with Gasteiger partial charge in [-0.25, -0.2) is 0 Å². The van der Waals surface area contributed by atoms with Gasteiger partial charge in [-0.1, -0.05) is 0 Å². The Morgan fingerprint density at radius 3 is 1.80 bits per heavy atom. The fourth-order valence-electron chi connectivity index (χ4n) is 1.11. The van der Waals surface area contributed by atoms with Gasteiger partial charge in [0.05, 0.1) is 0 Å². The number of hydrogen-bond donors (Lipinski definition) is 0. The Labute approximate surface area is 111 Å². The van der Waals surface area contributed by atoms with Crippen molar-refractivity contribution in [2.75, 3.05) is 14.2 Å². The molecule has 0 atom stereocenters. The molecule has 0 saturated heterocycles. The van der Waals surface area contributed by atoms with Crippen molar-refractivity contribution in [1.29, 1.82) is 0 Å². The molecule has 1 aromatic carbocycles. The van der Waals surface area contributed by atoms with Crippen LogP contribution in [0.3, 0.4) is 0 Å². The summed E-state index contributed by atoms with van der Waals surface area (Å²) in [5, 5.41) is 0. The van der Waals surface area contributed by atoms with E-state index in [9.17, 15) is 0 Å². The summed E-state index contributed by atoms with van der Waals surface area (Å²) in [5.74, 6) is 2.03. The average molecular weight is 390 g/mol. The van der Waals surface area contributed by atoms with Crippen LogP contribution in [0.25, 0.3) is 0 Å². The number of benzene rings is 1. The van der Waals surface area contributed by atoms with Crippen molar-refractivity contribution in [3.8, 4) is 11.5 Å². The molecule has 1 aliphatic rings. The van der Waals surface area contributed by atoms with Crippen molar-refractivity contribution in [3.05, 3.63) is 12.1 Å². The predicted molar refractivity (Wildman–Crippen MR) is 73.1 cm³/mol. The summed E-state index contributed by atoms with van der Waals surface area (Å²) < 4.78 is 13.5. The van der Waals surface area contributed by atoms with Crippen LogP contribution >= 0.6 is 28.2 Å². The summed E-state index contributed by atoms with van der Waals surface area (Å²) in [6.45, 7) is 0. The van der Waals surface area contributed by atoms with Gasteiger partial charge in [0.25, 0.3) is 0 Å². The molecular weight excluding hydrogens is 382 g/mol. The zero-order valence-electron chi connectivity index (χ0n) is 8.01. The minimum absolute atomic E-state index is 0.422. The minimum atomic E-state index is 0.422. The van der Waals surface area contributed by atoms with Crippen molar-refractivity contribution in [2.24, 2.45) is 0 Å². The third-order valence-corrected chi connectivity index (χ3v) is 17.4. The molecule has 0 amide bonds. The SMILES string of the molecule is COc1ccc(OC)c2c1[Se]SSS[Se]2. The second kappa shape index (κ2) is 6.01. The molecule has 2 nitrogen and oxygen atoms in total. The van der Waals surface area contributed by atoms with Gasteiger partial charge < -0.3 is 0 Å². The Balaban J connectivity index is 2.48. The fraction of sp³-hybridized carbons (Fsp3) is 0.250. The van der Waals surface area contributed by atoms with Crippen molar-refractivity contribution >= 4 is 64.8 Å². The maximum absolute atomic E-state index is 5.41. The van der Waals surface area contributed by atoms with E-state index in [-0.39, 0.29) is 0 Å². The van der Waals surface area contributed by atoms with Crippen LogP contribution in [0.15, 0.2) is 12.1 Å². The van der Waals surface area contributed by atoms with E-state index in [2.05, 4.69) is 0 Å². The molecule has 0 spiro atoms. The van der Waals surface area contributed by atoms with E-state index in [0.717, 1.165) is 11.5 Å². The van der Waals surface area contributed by atoms with E-state index in [1.54, 1.807) is 14.2 Å². The van der Waals surface area contributed by atoms with Crippen LogP contribution in [0, 0.1) is 0 Å². The van der Waals surface area contributed by atoms with Gasteiger partial charge in [-0.2, -0.15) is 0 Å². The second-order valence-electron chi connectivity index (χ2n) is 2.50. The molecule has 0 aliphatic carbocycles. The molecule has 1 aliphatic heterocycles. The van der Waals surface area contributed by atoms with Gasteiger partial charge in [0.15, 0.2) is 0 Å². The Bertz CT molecular complexity index is 329. The predicted octanol–water partition coefficient (Wildman–Crippen LogP) is 1.24. The van der Waals surface area contributed by atoms with E-state index in [0.29, 0.717) is 27.7 Å². The molecule has 0 unspecified atom stereocenters. The first-order chi connectivity index (χ1) is 7.36. The zero-order chi connectivity index (χ0) is 10.7. The number of rotatable bonds is 2. The van der Waals surface area contributed by atoms with Crippen molar-refractivity contribution in [2.45, 2.75) is 0 Å². The van der Waals surface area contributed by atoms with Gasteiger partial charge >= 0.3 is 112 Å². The van der Waals surface area contributed by atoms with E-state index in [1.165, 1.54) is 8.92 Å². The summed E-state index contributed by atoms with van der Waals surface area (Å²) in [6.07, 6.45) is 0. The molecule has 0 aromatic heterocycles. The van der Waals surface area contributed by atoms with Crippen molar-refractivity contribution in [3.63, 3.8) is 0 Å². The van der Waals surface area contributed by atoms with Crippen molar-refractivity contribution < 1.29 is 9.47 Å². The molecule has 0 radical (unpaired) electrons. The normalized spacial score (nSPS) is 15.3. The maximum atomic E-state index is 5.41. The standard InChI is InChI=1S/C8H8O2S3Se2/c1-9-5-3-4-6(10-2)8-7(5)14-12-11-13-15-8/h3-4H,1-2H3. The third-order valence-electron chi connectivity index (χ3n) is 1.77. The first-order valence-corrected chi connectivity index (χ1v) is 13.2. The Hall–Kier alpha value is 0.909. The summed E-state index contributed by atoms with van der Waals surface area (Å²) in [6, 6.07) is 4.02. The Kier molecular flexibility index (Phi) is 4.95. The Morgan fingerprint density at radius 1 is 0.933 bits per heavy atom. The van der Waals surface area contributed by atoms with Crippen LogP contribution in [-0.2, 0) is 0 Å². The average Bonchev–Trinajstić information content (AvgIpc) is 2.53. The van der Waals surface area contributed by atoms with Gasteiger partial charge in [0.2, 0.25) is 0 Å². The second-order valence-corrected chi connectivity index (χ2v) is 14.6. The van der Waals surface area contributed by atoms with Crippen LogP contribution in [0.4, 0.5) is 0 Å². The van der Waals surface area contributed by atoms with Crippen LogP contribution in [-0.4, -0.2) is 41.9 Å². The summed E-state index contributed by atoms with van der Waals surface area (Å²) in [7, 11) is 9.22. The molecule has 82 valence electrons. The Morgan fingerprint density at radius 2 is 1.40 bits per heavy atom. The molecule has 0 N–H and O–H groups in total. The fourth-order valence-corrected chi connectivity index (χ4v) is 21.9. The topological polar surface area (TPSA) is 18.5 Å². The number of ether oxygens (including phenoxy) is 2. The summed E-state index contributed by atoms with van der Waals surface area (Å²) in [5.41, 5.74) is 0. The number of methoxy groups -OCH3 is 2. The molecule has 2 rings (SSSR count). The van der Waals surface area contributed by atoms with Crippen LogP contribution in [0.1, 0.15) is 0 Å². The first-order valence-electron chi connectivity index (χ1n) is 3.96. The molecule has 1 aromatic rings. The molecule has 0 saturated carbocycles. The van der Waals surface area contributed by atoms with E-state index >= 15 is 0 Å². The zero-order valence-corrected chi connectivity index (χ0v) is 13.9. The molecule has 15 heavy (non-hydrogen) atoms. The van der Waals surface area contributed by atoms with E-state index in [4.69, 9.17) is 9.47 Å². The molecule has 1 heterocycles. The van der Waals surface area contributed by atoms with Crippen LogP contribution < -0.4 is 18.4 Å². The van der Waals surface area contributed by atoms with Gasteiger partial charge in [-0.3, -0.25) is 0 Å². The number of hydrogen-bond acceptors (Lipinski definition) is 5. The monoisotopic (exact) mass is 392 g/mol. The summed E-state index contributed by atoms with van der Waals surface area (Å²) >= 11 is 0.844. The van der Waals surface area contributed by atoms with E-state index < -0.39 is 0 Å². The van der Waals surface area contributed by atoms with Crippen LogP contribution in [0.5, 0.6) is 11.5 Å².